The Morgan fingerprint density at radius 1 is 1.44 bits per heavy atom. The Morgan fingerprint density at radius 2 is 2.12 bits per heavy atom. The van der Waals surface area contributed by atoms with Crippen LogP contribution >= 0.6 is 11.6 Å². The average molecular weight is 264 g/mol. The van der Waals surface area contributed by atoms with Crippen LogP contribution in [0.15, 0.2) is 18.2 Å². The Labute approximate surface area is 100 Å². The minimum absolute atomic E-state index is 0.0721. The van der Waals surface area contributed by atoms with Crippen molar-refractivity contribution in [2.75, 3.05) is 31.0 Å². The topological polar surface area (TPSA) is 55.4 Å². The molecule has 0 radical (unpaired) electrons. The van der Waals surface area contributed by atoms with E-state index >= 15 is 0 Å². The number of benzene rings is 1. The van der Waals surface area contributed by atoms with Gasteiger partial charge in [-0.25, -0.2) is 8.42 Å². The number of ether oxygens (including phenoxy) is 1. The average Bonchev–Trinajstić information content (AvgIpc) is 2.16. The second-order valence-electron chi connectivity index (χ2n) is 3.40. The van der Waals surface area contributed by atoms with Gasteiger partial charge in [0.2, 0.25) is 0 Å². The van der Waals surface area contributed by atoms with Crippen LogP contribution in [0.2, 0.25) is 5.02 Å². The number of methoxy groups -OCH3 is 1. The zero-order chi connectivity index (χ0) is 12.2. The fourth-order valence-corrected chi connectivity index (χ4v) is 1.83. The summed E-state index contributed by atoms with van der Waals surface area (Å²) in [5.41, 5.74) is 0.693. The lowest BCUT2D eigenvalue weighted by atomic mass is 10.3. The first-order chi connectivity index (χ1) is 7.42. The molecular formula is C10H14ClNO3S. The molecule has 0 amide bonds. The lowest BCUT2D eigenvalue weighted by Crippen LogP contribution is -2.14. The van der Waals surface area contributed by atoms with Crippen molar-refractivity contribution < 1.29 is 13.2 Å². The van der Waals surface area contributed by atoms with Crippen molar-refractivity contribution in [1.82, 2.24) is 0 Å². The molecule has 0 bridgehead atoms. The van der Waals surface area contributed by atoms with Crippen LogP contribution in [-0.4, -0.2) is 34.1 Å². The van der Waals surface area contributed by atoms with Gasteiger partial charge in [0.05, 0.1) is 18.6 Å². The van der Waals surface area contributed by atoms with Gasteiger partial charge in [-0.2, -0.15) is 0 Å². The van der Waals surface area contributed by atoms with E-state index < -0.39 is 9.84 Å². The molecule has 16 heavy (non-hydrogen) atoms. The lowest BCUT2D eigenvalue weighted by Gasteiger charge is -2.10. The number of rotatable bonds is 5. The Bertz CT molecular complexity index is 459. The molecule has 1 aromatic carbocycles. The highest BCUT2D eigenvalue weighted by Crippen LogP contribution is 2.27. The van der Waals surface area contributed by atoms with E-state index in [0.29, 0.717) is 23.0 Å². The van der Waals surface area contributed by atoms with E-state index in [-0.39, 0.29) is 5.75 Å². The van der Waals surface area contributed by atoms with Crippen LogP contribution in [0, 0.1) is 0 Å². The predicted molar refractivity (Wildman–Crippen MR) is 66.2 cm³/mol. The molecule has 90 valence electrons. The van der Waals surface area contributed by atoms with Gasteiger partial charge < -0.3 is 10.1 Å². The minimum Gasteiger partial charge on any atom is -0.495 e. The van der Waals surface area contributed by atoms with Gasteiger partial charge in [0, 0.05) is 17.8 Å². The number of hydrogen-bond acceptors (Lipinski definition) is 4. The van der Waals surface area contributed by atoms with Crippen molar-refractivity contribution in [3.05, 3.63) is 23.2 Å². The molecule has 0 atom stereocenters. The van der Waals surface area contributed by atoms with Crippen molar-refractivity contribution >= 4 is 27.1 Å². The highest BCUT2D eigenvalue weighted by molar-refractivity contribution is 7.90. The van der Waals surface area contributed by atoms with Crippen LogP contribution in [0.1, 0.15) is 0 Å². The predicted octanol–water partition coefficient (Wildman–Crippen LogP) is 1.81. The van der Waals surface area contributed by atoms with E-state index in [1.54, 1.807) is 25.3 Å². The molecule has 4 nitrogen and oxygen atoms in total. The fourth-order valence-electron chi connectivity index (χ4n) is 1.19. The minimum atomic E-state index is -2.96. The number of nitrogens with one attached hydrogen (secondary N) is 1. The van der Waals surface area contributed by atoms with Gasteiger partial charge in [0.1, 0.15) is 15.6 Å². The van der Waals surface area contributed by atoms with Gasteiger partial charge in [0.15, 0.2) is 0 Å². The Kier molecular flexibility index (Phi) is 4.44. The van der Waals surface area contributed by atoms with Gasteiger partial charge in [0.25, 0.3) is 0 Å². The first-order valence-corrected chi connectivity index (χ1v) is 7.11. The van der Waals surface area contributed by atoms with Crippen LogP contribution in [-0.2, 0) is 9.84 Å². The number of sulfone groups is 1. The monoisotopic (exact) mass is 263 g/mol. The van der Waals surface area contributed by atoms with Crippen LogP contribution < -0.4 is 10.1 Å². The molecule has 0 fully saturated rings. The molecule has 1 rings (SSSR count). The second kappa shape index (κ2) is 5.41. The molecule has 0 aromatic heterocycles. The van der Waals surface area contributed by atoms with Crippen molar-refractivity contribution in [1.29, 1.82) is 0 Å². The number of anilines is 1. The zero-order valence-corrected chi connectivity index (χ0v) is 10.7. The largest absolute Gasteiger partial charge is 0.495 e. The summed E-state index contributed by atoms with van der Waals surface area (Å²) in [6.07, 6.45) is 1.20. The molecule has 6 heteroatoms. The molecule has 0 aliphatic carbocycles. The summed E-state index contributed by atoms with van der Waals surface area (Å²) in [5, 5.41) is 3.54. The van der Waals surface area contributed by atoms with Gasteiger partial charge in [-0.15, -0.1) is 0 Å². The summed E-state index contributed by atoms with van der Waals surface area (Å²) in [4.78, 5) is 0. The van der Waals surface area contributed by atoms with Crippen molar-refractivity contribution in [2.24, 2.45) is 0 Å². The fraction of sp³-hybridized carbons (Fsp3) is 0.400. The number of hydrogen-bond donors (Lipinski definition) is 1. The van der Waals surface area contributed by atoms with Crippen LogP contribution in [0.3, 0.4) is 0 Å². The first kappa shape index (κ1) is 13.1. The number of halogens is 1. The van der Waals surface area contributed by atoms with Gasteiger partial charge >= 0.3 is 0 Å². The van der Waals surface area contributed by atoms with Crippen LogP contribution in [0.4, 0.5) is 5.69 Å². The standard InChI is InChI=1S/C10H14ClNO3S/c1-15-10-4-3-8(11)7-9(10)12-5-6-16(2,13)14/h3-4,7,12H,5-6H2,1-2H3. The van der Waals surface area contributed by atoms with Crippen LogP contribution in [0.25, 0.3) is 0 Å². The van der Waals surface area contributed by atoms with E-state index in [2.05, 4.69) is 5.32 Å². The second-order valence-corrected chi connectivity index (χ2v) is 6.10. The van der Waals surface area contributed by atoms with E-state index in [1.807, 2.05) is 0 Å². The summed E-state index contributed by atoms with van der Waals surface area (Å²) in [6.45, 7) is 0.329. The third kappa shape index (κ3) is 4.28. The zero-order valence-electron chi connectivity index (χ0n) is 9.16. The highest BCUT2D eigenvalue weighted by atomic mass is 35.5. The summed E-state index contributed by atoms with van der Waals surface area (Å²) >= 11 is 5.83. The van der Waals surface area contributed by atoms with Gasteiger partial charge in [-0.1, -0.05) is 11.6 Å². The molecule has 0 unspecified atom stereocenters. The Hall–Kier alpha value is -0.940. The maximum absolute atomic E-state index is 10.9. The molecular weight excluding hydrogens is 250 g/mol. The van der Waals surface area contributed by atoms with E-state index in [0.717, 1.165) is 0 Å². The maximum Gasteiger partial charge on any atom is 0.149 e. The van der Waals surface area contributed by atoms with Gasteiger partial charge in [-0.05, 0) is 18.2 Å². The molecule has 0 saturated carbocycles. The Balaban J connectivity index is 2.69. The summed E-state index contributed by atoms with van der Waals surface area (Å²) in [5.74, 6) is 0.709. The normalized spacial score (nSPS) is 11.2. The molecule has 0 heterocycles. The van der Waals surface area contributed by atoms with Crippen LogP contribution in [0.5, 0.6) is 5.75 Å². The van der Waals surface area contributed by atoms with E-state index in [9.17, 15) is 8.42 Å². The third-order valence-corrected chi connectivity index (χ3v) is 3.13. The SMILES string of the molecule is COc1ccc(Cl)cc1NCCS(C)(=O)=O. The first-order valence-electron chi connectivity index (χ1n) is 4.67. The lowest BCUT2D eigenvalue weighted by molar-refractivity contribution is 0.416. The molecule has 0 saturated heterocycles. The van der Waals surface area contributed by atoms with E-state index in [4.69, 9.17) is 16.3 Å². The van der Waals surface area contributed by atoms with E-state index in [1.165, 1.54) is 6.26 Å². The smallest absolute Gasteiger partial charge is 0.149 e. The molecule has 0 aliphatic rings. The molecule has 0 spiro atoms. The van der Waals surface area contributed by atoms with Crippen molar-refractivity contribution in [2.45, 2.75) is 0 Å². The van der Waals surface area contributed by atoms with Crippen molar-refractivity contribution in [3.8, 4) is 5.75 Å². The third-order valence-electron chi connectivity index (χ3n) is 1.95. The molecule has 0 aliphatic heterocycles. The quantitative estimate of drug-likeness (QED) is 0.880. The van der Waals surface area contributed by atoms with Gasteiger partial charge in [-0.3, -0.25) is 0 Å². The maximum atomic E-state index is 10.9. The molecule has 1 N–H and O–H groups in total. The molecule has 1 aromatic rings. The summed E-state index contributed by atoms with van der Waals surface area (Å²) in [7, 11) is -1.41. The van der Waals surface area contributed by atoms with Crippen molar-refractivity contribution in [3.63, 3.8) is 0 Å². The highest BCUT2D eigenvalue weighted by Gasteiger charge is 2.05. The summed E-state index contributed by atoms with van der Waals surface area (Å²) in [6, 6.07) is 5.13. The summed E-state index contributed by atoms with van der Waals surface area (Å²) < 4.78 is 27.0. The Morgan fingerprint density at radius 3 is 2.69 bits per heavy atom.